The van der Waals surface area contributed by atoms with Crippen LogP contribution in [0.4, 0.5) is 0 Å². The Balaban J connectivity index is 1.72. The highest BCUT2D eigenvalue weighted by molar-refractivity contribution is 5.75. The minimum Gasteiger partial charge on any atom is -0.370 e. The van der Waals surface area contributed by atoms with E-state index in [1.54, 1.807) is 0 Å². The molecule has 0 aromatic rings. The van der Waals surface area contributed by atoms with Crippen molar-refractivity contribution in [3.05, 3.63) is 0 Å². The van der Waals surface area contributed by atoms with Crippen molar-refractivity contribution in [2.24, 2.45) is 39.1 Å². The Labute approximate surface area is 104 Å². The van der Waals surface area contributed by atoms with E-state index in [2.05, 4.69) is 11.9 Å². The molecule has 4 bridgehead atoms. The summed E-state index contributed by atoms with van der Waals surface area (Å²) in [5, 5.41) is 0. The van der Waals surface area contributed by atoms with Gasteiger partial charge >= 0.3 is 0 Å². The highest BCUT2D eigenvalue weighted by atomic mass is 15.0. The third-order valence-electron chi connectivity index (χ3n) is 5.41. The molecular weight excluding hydrogens is 210 g/mol. The quantitative estimate of drug-likeness (QED) is 0.582. The number of nitrogens with two attached hydrogens (primary N) is 2. The van der Waals surface area contributed by atoms with E-state index >= 15 is 0 Å². The third kappa shape index (κ3) is 2.04. The molecule has 3 nitrogen and oxygen atoms in total. The minimum atomic E-state index is 0.251. The predicted molar refractivity (Wildman–Crippen MR) is 70.5 cm³/mol. The number of rotatable bonds is 3. The molecule has 4 aliphatic rings. The van der Waals surface area contributed by atoms with Crippen molar-refractivity contribution >= 4 is 5.96 Å². The van der Waals surface area contributed by atoms with Crippen LogP contribution in [0.5, 0.6) is 0 Å². The molecule has 2 unspecified atom stereocenters. The Kier molecular flexibility index (Phi) is 2.43. The van der Waals surface area contributed by atoms with Gasteiger partial charge in [-0.05, 0) is 67.6 Å². The first-order chi connectivity index (χ1) is 7.99. The van der Waals surface area contributed by atoms with E-state index in [9.17, 15) is 0 Å². The van der Waals surface area contributed by atoms with Gasteiger partial charge in [-0.2, -0.15) is 0 Å². The lowest BCUT2D eigenvalue weighted by Crippen LogP contribution is -2.51. The van der Waals surface area contributed by atoms with Gasteiger partial charge < -0.3 is 11.5 Å². The van der Waals surface area contributed by atoms with Gasteiger partial charge in [0, 0.05) is 6.54 Å². The minimum absolute atomic E-state index is 0.251. The normalized spacial score (nSPS) is 47.1. The largest absolute Gasteiger partial charge is 0.370 e. The first-order valence-electron chi connectivity index (χ1n) is 7.04. The average molecular weight is 235 g/mol. The van der Waals surface area contributed by atoms with Gasteiger partial charge in [0.25, 0.3) is 0 Å². The van der Waals surface area contributed by atoms with Gasteiger partial charge in [0.05, 0.1) is 0 Å². The van der Waals surface area contributed by atoms with E-state index in [4.69, 9.17) is 11.5 Å². The van der Waals surface area contributed by atoms with Crippen molar-refractivity contribution in [2.45, 2.75) is 51.9 Å². The van der Waals surface area contributed by atoms with Gasteiger partial charge in [0.2, 0.25) is 0 Å². The number of guanidine groups is 1. The molecule has 4 saturated carbocycles. The number of hydrogen-bond donors (Lipinski definition) is 2. The molecule has 4 atom stereocenters. The van der Waals surface area contributed by atoms with Crippen LogP contribution in [0.2, 0.25) is 0 Å². The topological polar surface area (TPSA) is 64.4 Å². The Hall–Kier alpha value is -0.730. The summed E-state index contributed by atoms with van der Waals surface area (Å²) in [4.78, 5) is 4.20. The average Bonchev–Trinajstić information content (AvgIpc) is 2.11. The van der Waals surface area contributed by atoms with Gasteiger partial charge in [0.15, 0.2) is 5.96 Å². The summed E-state index contributed by atoms with van der Waals surface area (Å²) in [6, 6.07) is 0. The van der Waals surface area contributed by atoms with Crippen LogP contribution in [-0.4, -0.2) is 12.5 Å². The number of nitrogens with zero attached hydrogens (tertiary/aromatic N) is 1. The highest BCUT2D eigenvalue weighted by Crippen LogP contribution is 2.66. The number of hydrogen-bond acceptors (Lipinski definition) is 1. The van der Waals surface area contributed by atoms with E-state index in [0.29, 0.717) is 10.8 Å². The lowest BCUT2D eigenvalue weighted by atomic mass is 9.44. The fourth-order valence-corrected chi connectivity index (χ4v) is 5.64. The molecule has 0 aromatic heterocycles. The maximum Gasteiger partial charge on any atom is 0.185 e. The van der Waals surface area contributed by atoms with Crippen LogP contribution in [0.3, 0.4) is 0 Å². The first-order valence-corrected chi connectivity index (χ1v) is 7.04. The second kappa shape index (κ2) is 3.63. The zero-order valence-corrected chi connectivity index (χ0v) is 10.9. The summed E-state index contributed by atoms with van der Waals surface area (Å²) in [5.41, 5.74) is 12.1. The summed E-state index contributed by atoms with van der Waals surface area (Å²) in [6.45, 7) is 3.34. The Bertz CT molecular complexity index is 329. The fourth-order valence-electron chi connectivity index (χ4n) is 5.64. The molecule has 0 amide bonds. The molecule has 0 spiro atoms. The smallest absolute Gasteiger partial charge is 0.185 e. The molecule has 0 aromatic carbocycles. The van der Waals surface area contributed by atoms with Crippen molar-refractivity contribution in [1.29, 1.82) is 0 Å². The van der Waals surface area contributed by atoms with Gasteiger partial charge in [-0.3, -0.25) is 4.99 Å². The molecule has 4 rings (SSSR count). The SMILES string of the molecule is CC12C[C@H]3C[C@@H](C1)CC(CCN=C(N)N)(C3)C2. The molecule has 4 fully saturated rings. The van der Waals surface area contributed by atoms with Crippen molar-refractivity contribution in [3.63, 3.8) is 0 Å². The lowest BCUT2D eigenvalue weighted by Gasteiger charge is -2.61. The summed E-state index contributed by atoms with van der Waals surface area (Å²) < 4.78 is 0. The molecule has 4 aliphatic carbocycles. The third-order valence-corrected chi connectivity index (χ3v) is 5.41. The van der Waals surface area contributed by atoms with Crippen LogP contribution in [0.1, 0.15) is 51.9 Å². The zero-order chi connectivity index (χ0) is 12.1. The summed E-state index contributed by atoms with van der Waals surface area (Å²) in [7, 11) is 0. The molecule has 0 aliphatic heterocycles. The molecular formula is C14H25N3. The van der Waals surface area contributed by atoms with Crippen molar-refractivity contribution < 1.29 is 0 Å². The van der Waals surface area contributed by atoms with Crippen LogP contribution in [-0.2, 0) is 0 Å². The molecule has 17 heavy (non-hydrogen) atoms. The van der Waals surface area contributed by atoms with Gasteiger partial charge in [0.1, 0.15) is 0 Å². The Morgan fingerprint density at radius 3 is 2.35 bits per heavy atom. The second-order valence-corrected chi connectivity index (χ2v) is 7.33. The molecule has 3 heteroatoms. The fraction of sp³-hybridized carbons (Fsp3) is 0.929. The molecule has 0 saturated heterocycles. The van der Waals surface area contributed by atoms with E-state index in [1.807, 2.05) is 0 Å². The van der Waals surface area contributed by atoms with Gasteiger partial charge in [-0.1, -0.05) is 6.92 Å². The zero-order valence-electron chi connectivity index (χ0n) is 10.9. The van der Waals surface area contributed by atoms with Crippen LogP contribution in [0.15, 0.2) is 4.99 Å². The number of aliphatic imine (C=N–C) groups is 1. The van der Waals surface area contributed by atoms with E-state index in [1.165, 1.54) is 44.9 Å². The van der Waals surface area contributed by atoms with Crippen LogP contribution < -0.4 is 11.5 Å². The van der Waals surface area contributed by atoms with E-state index < -0.39 is 0 Å². The molecule has 0 radical (unpaired) electrons. The lowest BCUT2D eigenvalue weighted by molar-refractivity contribution is -0.104. The Morgan fingerprint density at radius 2 is 1.82 bits per heavy atom. The Morgan fingerprint density at radius 1 is 1.18 bits per heavy atom. The van der Waals surface area contributed by atoms with Crippen molar-refractivity contribution in [1.82, 2.24) is 0 Å². The van der Waals surface area contributed by atoms with Crippen LogP contribution in [0.25, 0.3) is 0 Å². The van der Waals surface area contributed by atoms with E-state index in [0.717, 1.165) is 18.4 Å². The predicted octanol–water partition coefficient (Wildman–Crippen LogP) is 2.26. The van der Waals surface area contributed by atoms with Crippen molar-refractivity contribution in [2.75, 3.05) is 6.54 Å². The second-order valence-electron chi connectivity index (χ2n) is 7.33. The highest BCUT2D eigenvalue weighted by Gasteiger charge is 2.55. The monoisotopic (exact) mass is 235 g/mol. The molecule has 96 valence electrons. The maximum atomic E-state index is 5.42. The maximum absolute atomic E-state index is 5.42. The molecule has 4 N–H and O–H groups in total. The molecule has 0 heterocycles. The van der Waals surface area contributed by atoms with Gasteiger partial charge in [-0.15, -0.1) is 0 Å². The van der Waals surface area contributed by atoms with Crippen molar-refractivity contribution in [3.8, 4) is 0 Å². The summed E-state index contributed by atoms with van der Waals surface area (Å²) in [5.74, 6) is 2.25. The van der Waals surface area contributed by atoms with Crippen LogP contribution in [0, 0.1) is 22.7 Å². The standard InChI is InChI=1S/C14H25N3/c1-13-5-10-4-11(6-13)8-14(7-10,9-13)2-3-17-12(15)16/h10-11H,2-9H2,1H3,(H4,15,16,17)/t10-,11+,13?,14?. The summed E-state index contributed by atoms with van der Waals surface area (Å²) >= 11 is 0. The van der Waals surface area contributed by atoms with Gasteiger partial charge in [-0.25, -0.2) is 0 Å². The summed E-state index contributed by atoms with van der Waals surface area (Å²) in [6.07, 6.45) is 9.97. The van der Waals surface area contributed by atoms with E-state index in [-0.39, 0.29) is 5.96 Å². The van der Waals surface area contributed by atoms with Crippen LogP contribution >= 0.6 is 0 Å². The first kappa shape index (κ1) is 11.4.